The van der Waals surface area contributed by atoms with Gasteiger partial charge in [0.2, 0.25) is 0 Å². The molecule has 0 atom stereocenters. The molecule has 0 unspecified atom stereocenters. The number of hydrogen-bond acceptors (Lipinski definition) is 12. The van der Waals surface area contributed by atoms with Gasteiger partial charge in [-0.2, -0.15) is 0 Å². The zero-order valence-corrected chi connectivity index (χ0v) is 25.0. The van der Waals surface area contributed by atoms with Crippen molar-refractivity contribution < 1.29 is 43.0 Å². The third kappa shape index (κ3) is 21.3. The van der Waals surface area contributed by atoms with Crippen molar-refractivity contribution in [1.29, 1.82) is 0 Å². The fourth-order valence-electron chi connectivity index (χ4n) is 3.60. The maximum Gasteiger partial charge on any atom is 0.299 e. The predicted molar refractivity (Wildman–Crippen MR) is 157 cm³/mol. The van der Waals surface area contributed by atoms with Gasteiger partial charge in [0.1, 0.15) is 5.69 Å². The largest absolute Gasteiger partial charge is 0.379 e. The van der Waals surface area contributed by atoms with Gasteiger partial charge in [-0.1, -0.05) is 39.0 Å². The molecule has 1 rings (SSSR count). The van der Waals surface area contributed by atoms with Crippen molar-refractivity contribution in [3.8, 4) is 0 Å². The van der Waals surface area contributed by atoms with Gasteiger partial charge in [-0.15, -0.1) is 0 Å². The molecule has 1 aromatic rings. The molecule has 0 amide bonds. The molecule has 0 aliphatic heterocycles. The second kappa shape index (κ2) is 27.4. The van der Waals surface area contributed by atoms with Crippen LogP contribution in [0.15, 0.2) is 18.2 Å². The van der Waals surface area contributed by atoms with Crippen molar-refractivity contribution in [2.24, 2.45) is 0 Å². The minimum Gasteiger partial charge on any atom is -0.379 e. The first-order valence-electron chi connectivity index (χ1n) is 14.8. The third-order valence-corrected chi connectivity index (χ3v) is 5.82. The van der Waals surface area contributed by atoms with Crippen LogP contribution in [0.2, 0.25) is 0 Å². The Morgan fingerprint density at radius 3 is 1.45 bits per heavy atom. The van der Waals surface area contributed by atoms with Crippen molar-refractivity contribution >= 4 is 17.1 Å². The summed E-state index contributed by atoms with van der Waals surface area (Å²) in [5.41, 5.74) is -0.503. The average Bonchev–Trinajstić information content (AvgIpc) is 2.98. The lowest BCUT2D eigenvalue weighted by Gasteiger charge is -2.09. The van der Waals surface area contributed by atoms with E-state index in [9.17, 15) is 20.2 Å². The van der Waals surface area contributed by atoms with E-state index in [-0.39, 0.29) is 23.7 Å². The maximum absolute atomic E-state index is 11.1. The van der Waals surface area contributed by atoms with Crippen LogP contribution in [0.5, 0.6) is 0 Å². The van der Waals surface area contributed by atoms with Crippen LogP contribution in [-0.2, 0) is 33.2 Å². The third-order valence-electron chi connectivity index (χ3n) is 5.82. The van der Waals surface area contributed by atoms with Crippen LogP contribution in [0.1, 0.15) is 45.4 Å². The fraction of sp³-hybridized carbons (Fsp3) is 0.786. The monoisotopic (exact) mass is 603 g/mol. The molecule has 0 saturated heterocycles. The van der Waals surface area contributed by atoms with E-state index in [1.165, 1.54) is 44.2 Å². The van der Waals surface area contributed by atoms with Gasteiger partial charge in [0, 0.05) is 19.2 Å². The van der Waals surface area contributed by atoms with Crippen LogP contribution < -0.4 is 5.32 Å². The van der Waals surface area contributed by atoms with Crippen molar-refractivity contribution in [2.75, 3.05) is 104 Å². The summed E-state index contributed by atoms with van der Waals surface area (Å²) in [6, 6.07) is 3.44. The van der Waals surface area contributed by atoms with E-state index in [2.05, 4.69) is 12.2 Å². The zero-order valence-electron chi connectivity index (χ0n) is 25.0. The van der Waals surface area contributed by atoms with E-state index in [0.29, 0.717) is 85.8 Å². The van der Waals surface area contributed by atoms with Crippen LogP contribution in [-0.4, -0.2) is 109 Å². The Hall–Kier alpha value is -2.46. The molecule has 1 N–H and O–H groups in total. The Labute approximate surface area is 248 Å². The second-order valence-electron chi connectivity index (χ2n) is 9.20. The Kier molecular flexibility index (Phi) is 24.5. The summed E-state index contributed by atoms with van der Waals surface area (Å²) in [5, 5.41) is 24.8. The highest BCUT2D eigenvalue weighted by Gasteiger charge is 2.19. The number of nitrogens with one attached hydrogen (secondary N) is 1. The molecule has 42 heavy (non-hydrogen) atoms. The lowest BCUT2D eigenvalue weighted by Crippen LogP contribution is -2.15. The van der Waals surface area contributed by atoms with E-state index >= 15 is 0 Å². The summed E-state index contributed by atoms with van der Waals surface area (Å²) >= 11 is 0. The van der Waals surface area contributed by atoms with Crippen molar-refractivity contribution in [2.45, 2.75) is 45.4 Å². The van der Waals surface area contributed by atoms with Gasteiger partial charge < -0.3 is 38.5 Å². The lowest BCUT2D eigenvalue weighted by atomic mass is 10.1. The average molecular weight is 604 g/mol. The Morgan fingerprint density at radius 2 is 1.00 bits per heavy atom. The quantitative estimate of drug-likeness (QED) is 0.0724. The maximum atomic E-state index is 11.1. The van der Waals surface area contributed by atoms with E-state index in [1.54, 1.807) is 0 Å². The van der Waals surface area contributed by atoms with Gasteiger partial charge in [-0.25, -0.2) is 0 Å². The van der Waals surface area contributed by atoms with E-state index < -0.39 is 9.85 Å². The predicted octanol–water partition coefficient (Wildman–Crippen LogP) is 4.39. The molecule has 0 heterocycles. The highest BCUT2D eigenvalue weighted by Crippen LogP contribution is 2.28. The molecule has 0 saturated carbocycles. The highest BCUT2D eigenvalue weighted by molar-refractivity contribution is 5.65. The first-order chi connectivity index (χ1) is 20.6. The molecule has 14 heteroatoms. The summed E-state index contributed by atoms with van der Waals surface area (Å²) in [5.74, 6) is 0. The number of rotatable bonds is 31. The summed E-state index contributed by atoms with van der Waals surface area (Å²) < 4.78 is 38.2. The molecule has 1 aromatic carbocycles. The molecule has 0 spiro atoms. The second-order valence-corrected chi connectivity index (χ2v) is 9.20. The number of anilines is 1. The molecule has 0 aromatic heterocycles. The van der Waals surface area contributed by atoms with Crippen molar-refractivity contribution in [3.63, 3.8) is 0 Å². The van der Waals surface area contributed by atoms with E-state index in [1.807, 2.05) is 0 Å². The van der Waals surface area contributed by atoms with Crippen LogP contribution in [0.3, 0.4) is 0 Å². The molecule has 0 fully saturated rings. The van der Waals surface area contributed by atoms with Gasteiger partial charge in [-0.3, -0.25) is 20.2 Å². The topological polar surface area (TPSA) is 163 Å². The number of unbranched alkanes of at least 4 members (excludes halogenated alkanes) is 5. The number of nitro groups is 2. The summed E-state index contributed by atoms with van der Waals surface area (Å²) in [6.07, 6.45) is 7.59. The summed E-state index contributed by atoms with van der Waals surface area (Å²) in [4.78, 5) is 20.6. The molecular formula is C28H49N3O11. The summed E-state index contributed by atoms with van der Waals surface area (Å²) in [7, 11) is 0. The zero-order chi connectivity index (χ0) is 30.5. The van der Waals surface area contributed by atoms with Crippen LogP contribution in [0.4, 0.5) is 17.1 Å². The molecule has 14 nitrogen and oxygen atoms in total. The number of non-ortho nitro benzene ring substituents is 1. The number of hydrogen-bond donors (Lipinski definition) is 1. The first kappa shape index (κ1) is 37.6. The number of nitrogens with zero attached hydrogens (tertiary/aromatic N) is 2. The number of nitro benzene ring substituents is 2. The summed E-state index contributed by atoms with van der Waals surface area (Å²) in [6.45, 7) is 9.41. The molecule has 242 valence electrons. The minimum absolute atomic E-state index is 0.194. The molecular weight excluding hydrogens is 554 g/mol. The molecule has 0 aliphatic carbocycles. The SMILES string of the molecule is CCCCCCCCOCCOCCOCCOCCOCCOCCOCCNc1ccc([N+](=O)[O-])cc1[N+](=O)[O-]. The van der Waals surface area contributed by atoms with Crippen molar-refractivity contribution in [3.05, 3.63) is 38.4 Å². The van der Waals surface area contributed by atoms with Crippen LogP contribution in [0, 0.1) is 20.2 Å². The Bertz CT molecular complexity index is 817. The van der Waals surface area contributed by atoms with Gasteiger partial charge >= 0.3 is 0 Å². The molecule has 0 aliphatic rings. The van der Waals surface area contributed by atoms with Gasteiger partial charge in [0.15, 0.2) is 0 Å². The fourth-order valence-corrected chi connectivity index (χ4v) is 3.60. The number of ether oxygens (including phenoxy) is 7. The number of benzene rings is 1. The first-order valence-corrected chi connectivity index (χ1v) is 14.8. The van der Waals surface area contributed by atoms with Crippen LogP contribution in [0.25, 0.3) is 0 Å². The Balaban J connectivity index is 1.78. The smallest absolute Gasteiger partial charge is 0.299 e. The van der Waals surface area contributed by atoms with Gasteiger partial charge in [0.05, 0.1) is 102 Å². The lowest BCUT2D eigenvalue weighted by molar-refractivity contribution is -0.393. The molecule has 0 radical (unpaired) electrons. The van der Waals surface area contributed by atoms with Gasteiger partial charge in [0.25, 0.3) is 11.4 Å². The van der Waals surface area contributed by atoms with Gasteiger partial charge in [-0.05, 0) is 12.5 Å². The van der Waals surface area contributed by atoms with E-state index in [4.69, 9.17) is 33.2 Å². The minimum atomic E-state index is -0.676. The standard InChI is InChI=1S/C28H49N3O11/c1-2-3-4-5-6-7-11-36-13-15-38-17-19-40-21-23-42-24-22-41-20-18-39-16-14-37-12-10-29-27-9-8-26(30(32)33)25-28(27)31(34)35/h8-9,25,29H,2-7,10-24H2,1H3. The van der Waals surface area contributed by atoms with Crippen LogP contribution >= 0.6 is 0 Å². The normalized spacial score (nSPS) is 11.2. The van der Waals surface area contributed by atoms with E-state index in [0.717, 1.165) is 19.1 Å². The Morgan fingerprint density at radius 1 is 0.571 bits per heavy atom. The molecule has 0 bridgehead atoms. The highest BCUT2D eigenvalue weighted by atomic mass is 16.6. The van der Waals surface area contributed by atoms with Crippen molar-refractivity contribution in [1.82, 2.24) is 0 Å².